The van der Waals surface area contributed by atoms with Gasteiger partial charge in [-0.3, -0.25) is 9.59 Å². The Balaban J connectivity index is 2.03. The van der Waals surface area contributed by atoms with Crippen molar-refractivity contribution < 1.29 is 19.1 Å². The van der Waals surface area contributed by atoms with Crippen molar-refractivity contribution in [3.05, 3.63) is 71.2 Å². The van der Waals surface area contributed by atoms with E-state index in [9.17, 15) is 19.2 Å². The monoisotopic (exact) mass is 391 g/mol. The van der Waals surface area contributed by atoms with Crippen LogP contribution in [0, 0.1) is 24.1 Å². The third kappa shape index (κ3) is 4.17. The second-order valence-corrected chi connectivity index (χ2v) is 6.64. The number of fused-ring (bicyclic) bond motifs is 1. The number of hydrogen-bond donors (Lipinski definition) is 1. The van der Waals surface area contributed by atoms with Crippen molar-refractivity contribution in [2.75, 3.05) is 11.9 Å². The number of aryl methyl sites for hydroxylation is 1. The fourth-order valence-corrected chi connectivity index (χ4v) is 3.08. The first kappa shape index (κ1) is 19.8. The van der Waals surface area contributed by atoms with Gasteiger partial charge in [0, 0.05) is 35.4 Å². The third-order valence-corrected chi connectivity index (χ3v) is 4.54. The molecule has 146 valence electrons. The molecule has 0 radical (unpaired) electrons. The minimum Gasteiger partial charge on any atom is -0.480 e. The molecule has 0 bridgehead atoms. The van der Waals surface area contributed by atoms with Crippen molar-refractivity contribution in [1.82, 2.24) is 4.57 Å². The van der Waals surface area contributed by atoms with Gasteiger partial charge < -0.3 is 14.6 Å². The van der Waals surface area contributed by atoms with Crippen molar-refractivity contribution in [1.29, 1.82) is 5.26 Å². The fraction of sp³-hybridized carbons (Fsp3) is 0.136. The Bertz CT molecular complexity index is 1170. The highest BCUT2D eigenvalue weighted by Gasteiger charge is 2.18. The summed E-state index contributed by atoms with van der Waals surface area (Å²) in [6, 6.07) is 12.8. The Kier molecular flexibility index (Phi) is 5.46. The van der Waals surface area contributed by atoms with E-state index in [1.807, 2.05) is 31.2 Å². The Hall–Kier alpha value is -3.92. The summed E-state index contributed by atoms with van der Waals surface area (Å²) in [5.74, 6) is -1.97. The number of nitrogens with zero attached hydrogens (tertiary/aromatic N) is 3. The molecule has 1 amide bonds. The van der Waals surface area contributed by atoms with Crippen molar-refractivity contribution >= 4 is 34.5 Å². The van der Waals surface area contributed by atoms with E-state index >= 15 is 0 Å². The largest absolute Gasteiger partial charge is 0.480 e. The number of nitriles is 1. The van der Waals surface area contributed by atoms with Gasteiger partial charge in [0.05, 0.1) is 0 Å². The summed E-state index contributed by atoms with van der Waals surface area (Å²) in [7, 11) is 1.50. The molecule has 3 aromatic rings. The molecule has 1 heterocycles. The van der Waals surface area contributed by atoms with Gasteiger partial charge >= 0.3 is 5.97 Å². The molecule has 0 saturated heterocycles. The number of rotatable bonds is 5. The van der Waals surface area contributed by atoms with Gasteiger partial charge in [-0.15, -0.1) is 0 Å². The quantitative estimate of drug-likeness (QED) is 0.530. The average molecular weight is 391 g/mol. The Morgan fingerprint density at radius 2 is 1.93 bits per heavy atom. The first-order chi connectivity index (χ1) is 13.8. The maximum absolute atomic E-state index is 13.1. The number of carbonyl (C=O) groups is 2. The lowest BCUT2D eigenvalue weighted by atomic mass is 10.1. The first-order valence-corrected chi connectivity index (χ1v) is 8.77. The smallest absolute Gasteiger partial charge is 0.323 e. The summed E-state index contributed by atoms with van der Waals surface area (Å²) >= 11 is 0. The Morgan fingerprint density at radius 1 is 1.24 bits per heavy atom. The maximum Gasteiger partial charge on any atom is 0.323 e. The summed E-state index contributed by atoms with van der Waals surface area (Å²) in [5, 5.41) is 19.4. The highest BCUT2D eigenvalue weighted by molar-refractivity contribution is 6.11. The van der Waals surface area contributed by atoms with Crippen LogP contribution in [-0.4, -0.2) is 28.6 Å². The van der Waals surface area contributed by atoms with E-state index in [2.05, 4.69) is 0 Å². The van der Waals surface area contributed by atoms with Crippen LogP contribution in [0.15, 0.2) is 54.2 Å². The number of carboxylic acids is 1. The molecule has 29 heavy (non-hydrogen) atoms. The zero-order valence-corrected chi connectivity index (χ0v) is 15.9. The average Bonchev–Trinajstić information content (AvgIpc) is 3.01. The molecule has 0 aliphatic heterocycles. The summed E-state index contributed by atoms with van der Waals surface area (Å²) in [6.07, 6.45) is 3.05. The molecule has 1 aromatic heterocycles. The molecule has 0 saturated carbocycles. The maximum atomic E-state index is 13.1. The molecule has 0 unspecified atom stereocenters. The van der Waals surface area contributed by atoms with Gasteiger partial charge in [-0.2, -0.15) is 5.26 Å². The lowest BCUT2D eigenvalue weighted by Gasteiger charge is -2.16. The molecule has 1 N–H and O–H groups in total. The van der Waals surface area contributed by atoms with Crippen molar-refractivity contribution in [2.24, 2.45) is 0 Å². The SMILES string of the molecule is Cc1ccc2c(C=C(C#N)C(=O)N(C)c3ccc(F)cc3)cn(CC(=O)O)c2c1. The van der Waals surface area contributed by atoms with E-state index in [0.29, 0.717) is 16.8 Å². The molecule has 2 aromatic carbocycles. The van der Waals surface area contributed by atoms with Crippen molar-refractivity contribution in [3.63, 3.8) is 0 Å². The molecule has 7 heteroatoms. The van der Waals surface area contributed by atoms with E-state index in [1.54, 1.807) is 10.8 Å². The van der Waals surface area contributed by atoms with E-state index in [-0.39, 0.29) is 12.1 Å². The van der Waals surface area contributed by atoms with Crippen LogP contribution in [0.3, 0.4) is 0 Å². The molecule has 3 rings (SSSR count). The van der Waals surface area contributed by atoms with E-state index in [4.69, 9.17) is 5.11 Å². The van der Waals surface area contributed by atoms with Gasteiger partial charge in [0.2, 0.25) is 0 Å². The lowest BCUT2D eigenvalue weighted by molar-refractivity contribution is -0.137. The molecular formula is C22H18FN3O3. The highest BCUT2D eigenvalue weighted by atomic mass is 19.1. The fourth-order valence-electron chi connectivity index (χ4n) is 3.08. The summed E-state index contributed by atoms with van der Waals surface area (Å²) in [4.78, 5) is 25.2. The minimum atomic E-state index is -0.994. The van der Waals surface area contributed by atoms with Crippen LogP contribution in [-0.2, 0) is 16.1 Å². The minimum absolute atomic E-state index is 0.119. The number of anilines is 1. The molecular weight excluding hydrogens is 373 g/mol. The standard InChI is InChI=1S/C22H18FN3O3/c1-14-3-8-19-16(12-26(13-21(27)28)20(19)9-14)10-15(11-24)22(29)25(2)18-6-4-17(23)5-7-18/h3-10,12H,13H2,1-2H3,(H,27,28). The topological polar surface area (TPSA) is 86.3 Å². The third-order valence-electron chi connectivity index (χ3n) is 4.54. The van der Waals surface area contributed by atoms with E-state index in [1.165, 1.54) is 42.3 Å². The number of halogens is 1. The van der Waals surface area contributed by atoms with E-state index < -0.39 is 17.7 Å². The number of aliphatic carboxylic acids is 1. The van der Waals surface area contributed by atoms with Crippen molar-refractivity contribution in [3.8, 4) is 6.07 Å². The van der Waals surface area contributed by atoms with Gasteiger partial charge in [0.25, 0.3) is 5.91 Å². The molecule has 0 aliphatic carbocycles. The van der Waals surface area contributed by atoms with Crippen LogP contribution >= 0.6 is 0 Å². The number of likely N-dealkylation sites (N-methyl/N-ethyl adjacent to an activating group) is 1. The Morgan fingerprint density at radius 3 is 2.55 bits per heavy atom. The summed E-state index contributed by atoms with van der Waals surface area (Å²) in [6.45, 7) is 1.66. The van der Waals surface area contributed by atoms with Crippen LogP contribution < -0.4 is 4.90 Å². The van der Waals surface area contributed by atoms with Crippen LogP contribution in [0.4, 0.5) is 10.1 Å². The number of carbonyl (C=O) groups excluding carboxylic acids is 1. The number of aromatic nitrogens is 1. The molecule has 6 nitrogen and oxygen atoms in total. The van der Waals surface area contributed by atoms with Gasteiger partial charge in [-0.25, -0.2) is 4.39 Å². The van der Waals surface area contributed by atoms with Gasteiger partial charge in [-0.1, -0.05) is 12.1 Å². The van der Waals surface area contributed by atoms with Crippen molar-refractivity contribution in [2.45, 2.75) is 13.5 Å². The zero-order chi connectivity index (χ0) is 21.1. The Labute approximate surface area is 166 Å². The van der Waals surface area contributed by atoms with Gasteiger partial charge in [0.15, 0.2) is 0 Å². The first-order valence-electron chi connectivity index (χ1n) is 8.77. The lowest BCUT2D eigenvalue weighted by Crippen LogP contribution is -2.27. The number of carboxylic acid groups (broad SMARTS) is 1. The van der Waals surface area contributed by atoms with Crippen LogP contribution in [0.25, 0.3) is 17.0 Å². The predicted molar refractivity (Wildman–Crippen MR) is 108 cm³/mol. The van der Waals surface area contributed by atoms with E-state index in [0.717, 1.165) is 10.9 Å². The second-order valence-electron chi connectivity index (χ2n) is 6.64. The van der Waals surface area contributed by atoms with Gasteiger partial charge in [0.1, 0.15) is 24.0 Å². The number of amides is 1. The molecule has 0 spiro atoms. The molecule has 0 aliphatic rings. The van der Waals surface area contributed by atoms with Crippen LogP contribution in [0.5, 0.6) is 0 Å². The highest BCUT2D eigenvalue weighted by Crippen LogP contribution is 2.26. The number of benzene rings is 2. The van der Waals surface area contributed by atoms with Gasteiger partial charge in [-0.05, 0) is 48.9 Å². The zero-order valence-electron chi connectivity index (χ0n) is 15.9. The molecule has 0 fully saturated rings. The van der Waals surface area contributed by atoms with Crippen LogP contribution in [0.1, 0.15) is 11.1 Å². The summed E-state index contributed by atoms with van der Waals surface area (Å²) in [5.41, 5.74) is 2.56. The predicted octanol–water partition coefficient (Wildman–Crippen LogP) is 3.74. The second kappa shape index (κ2) is 7.98. The number of hydrogen-bond acceptors (Lipinski definition) is 3. The molecule has 0 atom stereocenters. The van der Waals surface area contributed by atoms with Crippen LogP contribution in [0.2, 0.25) is 0 Å². The summed E-state index contributed by atoms with van der Waals surface area (Å²) < 4.78 is 14.7. The normalized spacial score (nSPS) is 11.3.